The van der Waals surface area contributed by atoms with Crippen LogP contribution >= 0.6 is 0 Å². The Morgan fingerprint density at radius 1 is 1.44 bits per heavy atom. The zero-order valence-corrected chi connectivity index (χ0v) is 9.97. The van der Waals surface area contributed by atoms with Gasteiger partial charge in [-0.15, -0.1) is 0 Å². The number of rotatable bonds is 4. The molecule has 0 radical (unpaired) electrons. The average Bonchev–Trinajstić information content (AvgIpc) is 2.21. The molecule has 1 atom stereocenters. The van der Waals surface area contributed by atoms with Crippen molar-refractivity contribution in [1.29, 1.82) is 0 Å². The van der Waals surface area contributed by atoms with Crippen molar-refractivity contribution in [1.82, 2.24) is 0 Å². The van der Waals surface area contributed by atoms with Crippen LogP contribution in [0.2, 0.25) is 0 Å². The van der Waals surface area contributed by atoms with Crippen molar-refractivity contribution in [2.75, 3.05) is 6.61 Å². The highest BCUT2D eigenvalue weighted by Gasteiger charge is 2.35. The van der Waals surface area contributed by atoms with Gasteiger partial charge in [0.15, 0.2) is 0 Å². The van der Waals surface area contributed by atoms with Crippen LogP contribution < -0.4 is 0 Å². The van der Waals surface area contributed by atoms with E-state index in [0.717, 1.165) is 0 Å². The van der Waals surface area contributed by atoms with E-state index >= 15 is 0 Å². The number of alkyl halides is 2. The largest absolute Gasteiger partial charge is 0.466 e. The van der Waals surface area contributed by atoms with E-state index in [1.54, 1.807) is 6.92 Å². The molecule has 2 nitrogen and oxygen atoms in total. The minimum absolute atomic E-state index is 0.0345. The standard InChI is InChI=1S/C12H20F2O2/c1-3-16-11(15)9(2)8-10-4-6-12(13,14)7-5-10/h9-10H,3-8H2,1-2H3. The monoisotopic (exact) mass is 234 g/mol. The molecule has 0 saturated heterocycles. The van der Waals surface area contributed by atoms with Gasteiger partial charge in [-0.25, -0.2) is 8.78 Å². The van der Waals surface area contributed by atoms with Gasteiger partial charge in [0.05, 0.1) is 12.5 Å². The quantitative estimate of drug-likeness (QED) is 0.697. The maximum atomic E-state index is 12.9. The Morgan fingerprint density at radius 3 is 2.50 bits per heavy atom. The molecule has 0 amide bonds. The number of hydrogen-bond acceptors (Lipinski definition) is 2. The molecule has 0 heterocycles. The van der Waals surface area contributed by atoms with Crippen LogP contribution in [0.15, 0.2) is 0 Å². The number of hydrogen-bond donors (Lipinski definition) is 0. The van der Waals surface area contributed by atoms with Gasteiger partial charge in [0.2, 0.25) is 5.92 Å². The zero-order valence-electron chi connectivity index (χ0n) is 9.97. The van der Waals surface area contributed by atoms with Gasteiger partial charge in [0.1, 0.15) is 0 Å². The first-order valence-corrected chi connectivity index (χ1v) is 5.99. The van der Waals surface area contributed by atoms with Crippen LogP contribution in [-0.4, -0.2) is 18.5 Å². The third kappa shape index (κ3) is 4.06. The summed E-state index contributed by atoms with van der Waals surface area (Å²) in [5, 5.41) is 0. The predicted octanol–water partition coefficient (Wildman–Crippen LogP) is 3.40. The number of carbonyl (C=O) groups is 1. The SMILES string of the molecule is CCOC(=O)C(C)CC1CCC(F)(F)CC1. The lowest BCUT2D eigenvalue weighted by Gasteiger charge is -2.29. The van der Waals surface area contributed by atoms with Gasteiger partial charge in [-0.05, 0) is 32.1 Å². The van der Waals surface area contributed by atoms with E-state index in [-0.39, 0.29) is 30.6 Å². The van der Waals surface area contributed by atoms with Crippen LogP contribution in [0.5, 0.6) is 0 Å². The first kappa shape index (κ1) is 13.4. The summed E-state index contributed by atoms with van der Waals surface area (Å²) in [5.41, 5.74) is 0. The number of ether oxygens (including phenoxy) is 1. The molecule has 0 bridgehead atoms. The molecule has 94 valence electrons. The van der Waals surface area contributed by atoms with Gasteiger partial charge in [0.25, 0.3) is 0 Å². The van der Waals surface area contributed by atoms with Crippen LogP contribution in [0.25, 0.3) is 0 Å². The molecule has 0 N–H and O–H groups in total. The fourth-order valence-electron chi connectivity index (χ4n) is 2.22. The Morgan fingerprint density at radius 2 is 2.00 bits per heavy atom. The average molecular weight is 234 g/mol. The van der Waals surface area contributed by atoms with Crippen molar-refractivity contribution in [2.45, 2.75) is 51.9 Å². The Labute approximate surface area is 95.4 Å². The van der Waals surface area contributed by atoms with Crippen LogP contribution in [0.3, 0.4) is 0 Å². The second kappa shape index (κ2) is 5.60. The Bertz CT molecular complexity index is 231. The first-order chi connectivity index (χ1) is 7.44. The Balaban J connectivity index is 2.30. The fourth-order valence-corrected chi connectivity index (χ4v) is 2.22. The summed E-state index contributed by atoms with van der Waals surface area (Å²) in [4.78, 5) is 11.4. The van der Waals surface area contributed by atoms with Gasteiger partial charge in [-0.3, -0.25) is 4.79 Å². The van der Waals surface area contributed by atoms with Crippen molar-refractivity contribution in [3.05, 3.63) is 0 Å². The van der Waals surface area contributed by atoms with E-state index in [9.17, 15) is 13.6 Å². The molecule has 0 spiro atoms. The van der Waals surface area contributed by atoms with E-state index < -0.39 is 5.92 Å². The van der Waals surface area contributed by atoms with Crippen molar-refractivity contribution >= 4 is 5.97 Å². The number of halogens is 2. The third-order valence-corrected chi connectivity index (χ3v) is 3.21. The normalized spacial score (nSPS) is 22.8. The minimum atomic E-state index is -2.48. The van der Waals surface area contributed by atoms with Gasteiger partial charge < -0.3 is 4.74 Å². The molecule has 1 fully saturated rings. The lowest BCUT2D eigenvalue weighted by molar-refractivity contribution is -0.148. The molecular weight excluding hydrogens is 214 g/mol. The van der Waals surface area contributed by atoms with Gasteiger partial charge in [-0.1, -0.05) is 6.92 Å². The van der Waals surface area contributed by atoms with Crippen LogP contribution in [0, 0.1) is 11.8 Å². The molecule has 1 saturated carbocycles. The van der Waals surface area contributed by atoms with Crippen molar-refractivity contribution in [2.24, 2.45) is 11.8 Å². The van der Waals surface area contributed by atoms with Crippen LogP contribution in [0.1, 0.15) is 46.0 Å². The van der Waals surface area contributed by atoms with E-state index in [0.29, 0.717) is 25.9 Å². The van der Waals surface area contributed by atoms with E-state index in [1.807, 2.05) is 6.92 Å². The molecule has 0 aromatic rings. The summed E-state index contributed by atoms with van der Waals surface area (Å²) in [6.07, 6.45) is 1.66. The lowest BCUT2D eigenvalue weighted by atomic mass is 9.81. The molecule has 1 aliphatic carbocycles. The van der Waals surface area contributed by atoms with Crippen molar-refractivity contribution in [3.8, 4) is 0 Å². The summed E-state index contributed by atoms with van der Waals surface area (Å²) in [6, 6.07) is 0. The summed E-state index contributed by atoms with van der Waals surface area (Å²) >= 11 is 0. The number of esters is 1. The maximum Gasteiger partial charge on any atom is 0.308 e. The molecule has 1 aliphatic rings. The Hall–Kier alpha value is -0.670. The fraction of sp³-hybridized carbons (Fsp3) is 0.917. The highest BCUT2D eigenvalue weighted by molar-refractivity contribution is 5.71. The van der Waals surface area contributed by atoms with Gasteiger partial charge in [0, 0.05) is 12.8 Å². The highest BCUT2D eigenvalue weighted by Crippen LogP contribution is 2.38. The summed E-state index contributed by atoms with van der Waals surface area (Å²) in [5.74, 6) is -2.61. The van der Waals surface area contributed by atoms with Gasteiger partial charge in [-0.2, -0.15) is 0 Å². The molecule has 0 aliphatic heterocycles. The van der Waals surface area contributed by atoms with Gasteiger partial charge >= 0.3 is 5.97 Å². The molecule has 0 aromatic heterocycles. The van der Waals surface area contributed by atoms with E-state index in [1.165, 1.54) is 0 Å². The molecule has 1 rings (SSSR count). The molecule has 16 heavy (non-hydrogen) atoms. The predicted molar refractivity (Wildman–Crippen MR) is 57.3 cm³/mol. The maximum absolute atomic E-state index is 12.9. The van der Waals surface area contributed by atoms with E-state index in [4.69, 9.17) is 4.74 Å². The lowest BCUT2D eigenvalue weighted by Crippen LogP contribution is -2.27. The topological polar surface area (TPSA) is 26.3 Å². The summed E-state index contributed by atoms with van der Waals surface area (Å²) in [6.45, 7) is 3.96. The van der Waals surface area contributed by atoms with Crippen LogP contribution in [-0.2, 0) is 9.53 Å². The van der Waals surface area contributed by atoms with Crippen molar-refractivity contribution in [3.63, 3.8) is 0 Å². The smallest absolute Gasteiger partial charge is 0.308 e. The molecule has 1 unspecified atom stereocenters. The second-order valence-electron chi connectivity index (χ2n) is 4.69. The summed E-state index contributed by atoms with van der Waals surface area (Å²) < 4.78 is 30.7. The summed E-state index contributed by atoms with van der Waals surface area (Å²) in [7, 11) is 0. The second-order valence-corrected chi connectivity index (χ2v) is 4.69. The van der Waals surface area contributed by atoms with Crippen LogP contribution in [0.4, 0.5) is 8.78 Å². The molecule has 4 heteroatoms. The van der Waals surface area contributed by atoms with Crippen molar-refractivity contribution < 1.29 is 18.3 Å². The Kier molecular flexibility index (Phi) is 4.69. The minimum Gasteiger partial charge on any atom is -0.466 e. The number of carbonyl (C=O) groups excluding carboxylic acids is 1. The molecular formula is C12H20F2O2. The zero-order chi connectivity index (χ0) is 12.2. The molecule has 0 aromatic carbocycles. The third-order valence-electron chi connectivity index (χ3n) is 3.21. The van der Waals surface area contributed by atoms with E-state index in [2.05, 4.69) is 0 Å². The highest BCUT2D eigenvalue weighted by atomic mass is 19.3. The first-order valence-electron chi connectivity index (χ1n) is 5.99.